The maximum atomic E-state index is 12.2. The van der Waals surface area contributed by atoms with Crippen molar-refractivity contribution >= 4 is 40.5 Å². The summed E-state index contributed by atoms with van der Waals surface area (Å²) in [4.78, 5) is 24.2. The highest BCUT2D eigenvalue weighted by Gasteiger charge is 2.17. The van der Waals surface area contributed by atoms with Crippen molar-refractivity contribution in [3.63, 3.8) is 0 Å². The van der Waals surface area contributed by atoms with Crippen LogP contribution in [0.25, 0.3) is 0 Å². The number of carbonyl (C=O) groups excluding carboxylic acids is 1. The first-order valence-electron chi connectivity index (χ1n) is 6.93. The summed E-state index contributed by atoms with van der Waals surface area (Å²) < 4.78 is 0. The molecule has 0 unspecified atom stereocenters. The highest BCUT2D eigenvalue weighted by atomic mass is 35.5. The molecular formula is C16H14ClN3O3S. The molecule has 0 spiro atoms. The van der Waals surface area contributed by atoms with Crippen molar-refractivity contribution in [2.24, 2.45) is 0 Å². The van der Waals surface area contributed by atoms with Crippen LogP contribution in [0, 0.1) is 10.1 Å². The topological polar surface area (TPSA) is 75.5 Å². The van der Waals surface area contributed by atoms with E-state index < -0.39 is 10.8 Å². The Morgan fingerprint density at radius 3 is 2.58 bits per heavy atom. The lowest BCUT2D eigenvalue weighted by atomic mass is 10.2. The Bertz CT molecular complexity index is 783. The van der Waals surface area contributed by atoms with Gasteiger partial charge in [0.15, 0.2) is 5.11 Å². The molecule has 1 amide bonds. The number of halogens is 1. The normalized spacial score (nSPS) is 10.1. The first kappa shape index (κ1) is 17.8. The second-order valence-corrected chi connectivity index (χ2v) is 5.82. The molecule has 2 rings (SSSR count). The summed E-state index contributed by atoms with van der Waals surface area (Å²) in [5.74, 6) is -0.528. The largest absolute Gasteiger partial charge is 0.348 e. The van der Waals surface area contributed by atoms with Crippen molar-refractivity contribution in [2.45, 2.75) is 6.54 Å². The van der Waals surface area contributed by atoms with E-state index in [9.17, 15) is 14.9 Å². The standard InChI is InChI=1S/C16H14ClN3O3S/c1-19(10-11-5-3-2-4-6-11)16(24)18-15(21)12-7-8-13(17)14(9-12)20(22)23/h2-9H,10H2,1H3,(H,18,21,24). The molecule has 0 aromatic heterocycles. The Kier molecular flexibility index (Phi) is 5.83. The number of nitro benzene ring substituents is 1. The van der Waals surface area contributed by atoms with E-state index in [2.05, 4.69) is 5.32 Å². The van der Waals surface area contributed by atoms with E-state index >= 15 is 0 Å². The zero-order chi connectivity index (χ0) is 17.7. The number of nitrogens with zero attached hydrogens (tertiary/aromatic N) is 2. The van der Waals surface area contributed by atoms with Gasteiger partial charge in [0.05, 0.1) is 4.92 Å². The Labute approximate surface area is 149 Å². The third kappa shape index (κ3) is 4.50. The summed E-state index contributed by atoms with van der Waals surface area (Å²) in [6.45, 7) is 0.528. The van der Waals surface area contributed by atoms with Gasteiger partial charge in [0.25, 0.3) is 11.6 Å². The van der Waals surface area contributed by atoms with Crippen LogP contribution in [0.2, 0.25) is 5.02 Å². The summed E-state index contributed by atoms with van der Waals surface area (Å²) in [7, 11) is 1.75. The SMILES string of the molecule is CN(Cc1ccccc1)C(=S)NC(=O)c1ccc(Cl)c([N+](=O)[O-])c1. The lowest BCUT2D eigenvalue weighted by molar-refractivity contribution is -0.384. The van der Waals surface area contributed by atoms with E-state index in [4.69, 9.17) is 23.8 Å². The number of benzene rings is 2. The maximum Gasteiger partial charge on any atom is 0.288 e. The molecule has 8 heteroatoms. The van der Waals surface area contributed by atoms with Crippen LogP contribution in [0.4, 0.5) is 5.69 Å². The molecule has 0 aliphatic carbocycles. The van der Waals surface area contributed by atoms with Crippen molar-refractivity contribution in [3.05, 3.63) is 74.8 Å². The van der Waals surface area contributed by atoms with Crippen molar-refractivity contribution in [1.82, 2.24) is 10.2 Å². The number of rotatable bonds is 4. The zero-order valence-corrected chi connectivity index (χ0v) is 14.3. The molecule has 0 saturated carbocycles. The van der Waals surface area contributed by atoms with Crippen molar-refractivity contribution < 1.29 is 9.72 Å². The van der Waals surface area contributed by atoms with Gasteiger partial charge in [-0.3, -0.25) is 20.2 Å². The number of amides is 1. The van der Waals surface area contributed by atoms with Crippen LogP contribution in [-0.2, 0) is 6.54 Å². The molecule has 0 fully saturated rings. The van der Waals surface area contributed by atoms with Crippen molar-refractivity contribution in [2.75, 3.05) is 7.05 Å². The molecule has 0 bridgehead atoms. The molecule has 24 heavy (non-hydrogen) atoms. The summed E-state index contributed by atoms with van der Waals surface area (Å²) >= 11 is 10.9. The first-order valence-corrected chi connectivity index (χ1v) is 7.71. The predicted octanol–water partition coefficient (Wildman–Crippen LogP) is 3.39. The molecule has 1 N–H and O–H groups in total. The molecule has 0 aliphatic rings. The van der Waals surface area contributed by atoms with Crippen molar-refractivity contribution in [3.8, 4) is 0 Å². The van der Waals surface area contributed by atoms with E-state index in [0.29, 0.717) is 6.54 Å². The van der Waals surface area contributed by atoms with Gasteiger partial charge in [-0.2, -0.15) is 0 Å². The minimum absolute atomic E-state index is 0.0275. The van der Waals surface area contributed by atoms with Crippen LogP contribution in [0.15, 0.2) is 48.5 Å². The lowest BCUT2D eigenvalue weighted by Crippen LogP contribution is -2.40. The predicted molar refractivity (Wildman–Crippen MR) is 96.1 cm³/mol. The Hall–Kier alpha value is -2.51. The van der Waals surface area contributed by atoms with E-state index in [0.717, 1.165) is 11.6 Å². The molecule has 0 radical (unpaired) electrons. The highest BCUT2D eigenvalue weighted by molar-refractivity contribution is 7.80. The molecule has 2 aromatic carbocycles. The summed E-state index contributed by atoms with van der Waals surface area (Å²) in [6, 6.07) is 13.5. The number of nitrogens with one attached hydrogen (secondary N) is 1. The second kappa shape index (κ2) is 7.85. The van der Waals surface area contributed by atoms with Gasteiger partial charge in [-0.05, 0) is 29.9 Å². The monoisotopic (exact) mass is 363 g/mol. The van der Waals surface area contributed by atoms with E-state index in [1.54, 1.807) is 11.9 Å². The van der Waals surface area contributed by atoms with Crippen molar-refractivity contribution in [1.29, 1.82) is 0 Å². The number of carbonyl (C=O) groups is 1. The number of thiocarbonyl (C=S) groups is 1. The summed E-state index contributed by atoms with van der Waals surface area (Å²) in [6.07, 6.45) is 0. The summed E-state index contributed by atoms with van der Waals surface area (Å²) in [5, 5.41) is 13.6. The third-order valence-corrected chi connectivity index (χ3v) is 3.97. The number of nitro groups is 1. The molecule has 0 heterocycles. The quantitative estimate of drug-likeness (QED) is 0.512. The zero-order valence-electron chi connectivity index (χ0n) is 12.7. The van der Waals surface area contributed by atoms with Gasteiger partial charge in [-0.25, -0.2) is 0 Å². The minimum Gasteiger partial charge on any atom is -0.348 e. The second-order valence-electron chi connectivity index (χ2n) is 5.02. The van der Waals surface area contributed by atoms with Crippen LogP contribution in [0.1, 0.15) is 15.9 Å². The third-order valence-electron chi connectivity index (χ3n) is 3.23. The van der Waals surface area contributed by atoms with Crippen LogP contribution < -0.4 is 5.32 Å². The molecule has 2 aromatic rings. The molecule has 0 aliphatic heterocycles. The first-order chi connectivity index (χ1) is 11.4. The molecule has 124 valence electrons. The van der Waals surface area contributed by atoms with Gasteiger partial charge >= 0.3 is 0 Å². The molecule has 0 atom stereocenters. The van der Waals surface area contributed by atoms with Gasteiger partial charge in [0, 0.05) is 25.2 Å². The molecule has 6 nitrogen and oxygen atoms in total. The Morgan fingerprint density at radius 1 is 1.29 bits per heavy atom. The van der Waals surface area contributed by atoms with Gasteiger partial charge < -0.3 is 4.90 Å². The van der Waals surface area contributed by atoms with Gasteiger partial charge in [-0.15, -0.1) is 0 Å². The van der Waals surface area contributed by atoms with Crippen LogP contribution >= 0.6 is 23.8 Å². The highest BCUT2D eigenvalue weighted by Crippen LogP contribution is 2.25. The molecular weight excluding hydrogens is 350 g/mol. The van der Waals surface area contributed by atoms with E-state index in [1.165, 1.54) is 12.1 Å². The fraction of sp³-hybridized carbons (Fsp3) is 0.125. The van der Waals surface area contributed by atoms with Crippen LogP contribution in [-0.4, -0.2) is 27.9 Å². The molecule has 0 saturated heterocycles. The average molecular weight is 364 g/mol. The number of hydrogen-bond donors (Lipinski definition) is 1. The van der Waals surface area contributed by atoms with Gasteiger partial charge in [-0.1, -0.05) is 41.9 Å². The smallest absolute Gasteiger partial charge is 0.288 e. The van der Waals surface area contributed by atoms with Gasteiger partial charge in [0.2, 0.25) is 0 Å². The minimum atomic E-state index is -0.640. The van der Waals surface area contributed by atoms with Crippen LogP contribution in [0.3, 0.4) is 0 Å². The maximum absolute atomic E-state index is 12.2. The van der Waals surface area contributed by atoms with Crippen LogP contribution in [0.5, 0.6) is 0 Å². The lowest BCUT2D eigenvalue weighted by Gasteiger charge is -2.20. The van der Waals surface area contributed by atoms with E-state index in [1.807, 2.05) is 30.3 Å². The van der Waals surface area contributed by atoms with Gasteiger partial charge in [0.1, 0.15) is 5.02 Å². The average Bonchev–Trinajstić information content (AvgIpc) is 2.55. The Balaban J connectivity index is 2.05. The fourth-order valence-corrected chi connectivity index (χ4v) is 2.33. The Morgan fingerprint density at radius 2 is 1.96 bits per heavy atom. The number of hydrogen-bond acceptors (Lipinski definition) is 4. The van der Waals surface area contributed by atoms with E-state index in [-0.39, 0.29) is 21.4 Å². The summed E-state index contributed by atoms with van der Waals surface area (Å²) in [5.41, 5.74) is 0.827. The fourth-order valence-electron chi connectivity index (χ4n) is 1.99.